The van der Waals surface area contributed by atoms with Crippen LogP contribution in [0, 0.1) is 12.3 Å². The van der Waals surface area contributed by atoms with Crippen molar-refractivity contribution >= 4 is 5.69 Å². The molecular weight excluding hydrogens is 260 g/mol. The number of nitrogens with one attached hydrogen (secondary N) is 2. The zero-order chi connectivity index (χ0) is 14.5. The summed E-state index contributed by atoms with van der Waals surface area (Å²) in [6, 6.07) is 18.4. The molecule has 0 spiro atoms. The molecule has 0 fully saturated rings. The predicted octanol–water partition coefficient (Wildman–Crippen LogP) is 2.82. The van der Waals surface area contributed by atoms with Crippen LogP contribution in [-0.2, 0) is 0 Å². The fraction of sp³-hybridized carbons (Fsp3) is 0.222. The van der Waals surface area contributed by atoms with Gasteiger partial charge in [0, 0.05) is 6.54 Å². The molecule has 1 aliphatic heterocycles. The lowest BCUT2D eigenvalue weighted by Crippen LogP contribution is -2.42. The van der Waals surface area contributed by atoms with Gasteiger partial charge in [0.15, 0.2) is 0 Å². The van der Waals surface area contributed by atoms with Crippen LogP contribution in [0.15, 0.2) is 54.6 Å². The quantitative estimate of drug-likeness (QED) is 0.666. The Bertz CT molecular complexity index is 633. The lowest BCUT2D eigenvalue weighted by molar-refractivity contribution is 0.170. The Hall–Kier alpha value is -2.44. The van der Waals surface area contributed by atoms with E-state index in [0.717, 1.165) is 23.5 Å². The average molecular weight is 278 g/mol. The molecule has 0 saturated heterocycles. The van der Waals surface area contributed by atoms with Crippen molar-refractivity contribution in [1.82, 2.24) is 5.32 Å². The standard InChI is InChI=1S/C18H18N2O/c1-2-12-19-13-16-18(14-8-4-3-5-9-14)21-17-11-7-6-10-15(17)20-16/h1,3-11,16,18-20H,12-13H2. The fourth-order valence-electron chi connectivity index (χ4n) is 2.58. The topological polar surface area (TPSA) is 33.3 Å². The number of hydrogen-bond acceptors (Lipinski definition) is 3. The summed E-state index contributed by atoms with van der Waals surface area (Å²) in [6.07, 6.45) is 5.27. The molecule has 21 heavy (non-hydrogen) atoms. The third-order valence-electron chi connectivity index (χ3n) is 3.57. The van der Waals surface area contributed by atoms with Crippen LogP contribution in [0.4, 0.5) is 5.69 Å². The van der Waals surface area contributed by atoms with Gasteiger partial charge < -0.3 is 15.4 Å². The number of fused-ring (bicyclic) bond motifs is 1. The van der Waals surface area contributed by atoms with Crippen molar-refractivity contribution in [2.45, 2.75) is 12.1 Å². The molecule has 0 aromatic heterocycles. The van der Waals surface area contributed by atoms with Gasteiger partial charge in [-0.05, 0) is 17.7 Å². The smallest absolute Gasteiger partial charge is 0.145 e. The minimum absolute atomic E-state index is 0.0358. The van der Waals surface area contributed by atoms with E-state index >= 15 is 0 Å². The molecule has 1 heterocycles. The van der Waals surface area contributed by atoms with Gasteiger partial charge in [0.25, 0.3) is 0 Å². The van der Waals surface area contributed by atoms with Gasteiger partial charge >= 0.3 is 0 Å². The molecule has 2 N–H and O–H groups in total. The molecule has 106 valence electrons. The third kappa shape index (κ3) is 3.01. The van der Waals surface area contributed by atoms with Gasteiger partial charge in [-0.2, -0.15) is 0 Å². The second kappa shape index (κ2) is 6.34. The predicted molar refractivity (Wildman–Crippen MR) is 85.4 cm³/mol. The molecule has 2 aromatic carbocycles. The molecule has 2 unspecified atom stereocenters. The lowest BCUT2D eigenvalue weighted by Gasteiger charge is -2.35. The first-order valence-electron chi connectivity index (χ1n) is 7.10. The van der Waals surface area contributed by atoms with Gasteiger partial charge in [-0.3, -0.25) is 0 Å². The lowest BCUT2D eigenvalue weighted by atomic mass is 9.99. The largest absolute Gasteiger partial charge is 0.481 e. The molecular formula is C18H18N2O. The number of anilines is 1. The highest BCUT2D eigenvalue weighted by molar-refractivity contribution is 5.59. The number of benzene rings is 2. The summed E-state index contributed by atoms with van der Waals surface area (Å²) in [6.45, 7) is 1.30. The summed E-state index contributed by atoms with van der Waals surface area (Å²) in [5.74, 6) is 3.49. The molecule has 0 aliphatic carbocycles. The van der Waals surface area contributed by atoms with Crippen LogP contribution >= 0.6 is 0 Å². The normalized spacial score (nSPS) is 19.8. The second-order valence-electron chi connectivity index (χ2n) is 5.03. The van der Waals surface area contributed by atoms with Crippen molar-refractivity contribution < 1.29 is 4.74 Å². The highest BCUT2D eigenvalue weighted by Gasteiger charge is 2.30. The van der Waals surface area contributed by atoms with E-state index in [-0.39, 0.29) is 12.1 Å². The Balaban J connectivity index is 1.86. The highest BCUT2D eigenvalue weighted by atomic mass is 16.5. The summed E-state index contributed by atoms with van der Waals surface area (Å²) >= 11 is 0. The number of para-hydroxylation sites is 2. The number of hydrogen-bond donors (Lipinski definition) is 2. The average Bonchev–Trinajstić information content (AvgIpc) is 2.55. The number of rotatable bonds is 4. The maximum Gasteiger partial charge on any atom is 0.145 e. The number of ether oxygens (including phenoxy) is 1. The second-order valence-corrected chi connectivity index (χ2v) is 5.03. The van der Waals surface area contributed by atoms with Gasteiger partial charge in [0.1, 0.15) is 11.9 Å². The van der Waals surface area contributed by atoms with Gasteiger partial charge in [0.05, 0.1) is 18.3 Å². The fourth-order valence-corrected chi connectivity index (χ4v) is 2.58. The molecule has 0 bridgehead atoms. The third-order valence-corrected chi connectivity index (χ3v) is 3.57. The van der Waals surface area contributed by atoms with Crippen LogP contribution in [0.5, 0.6) is 5.75 Å². The molecule has 2 aromatic rings. The van der Waals surface area contributed by atoms with Gasteiger partial charge in [-0.15, -0.1) is 6.42 Å². The van der Waals surface area contributed by atoms with Crippen molar-refractivity contribution in [2.24, 2.45) is 0 Å². The van der Waals surface area contributed by atoms with E-state index in [9.17, 15) is 0 Å². The van der Waals surface area contributed by atoms with Crippen molar-refractivity contribution in [3.05, 3.63) is 60.2 Å². The van der Waals surface area contributed by atoms with Crippen LogP contribution < -0.4 is 15.4 Å². The summed E-state index contributed by atoms with van der Waals surface area (Å²) in [5.41, 5.74) is 2.18. The molecule has 3 rings (SSSR count). The molecule has 0 saturated carbocycles. The first-order valence-corrected chi connectivity index (χ1v) is 7.10. The Morgan fingerprint density at radius 1 is 1.10 bits per heavy atom. The minimum Gasteiger partial charge on any atom is -0.481 e. The van der Waals surface area contributed by atoms with Gasteiger partial charge in [-0.25, -0.2) is 0 Å². The SMILES string of the molecule is C#CCNCC1Nc2ccccc2OC1c1ccccc1. The molecule has 3 heteroatoms. The Morgan fingerprint density at radius 2 is 1.86 bits per heavy atom. The Morgan fingerprint density at radius 3 is 2.67 bits per heavy atom. The molecule has 0 amide bonds. The minimum atomic E-state index is -0.0358. The zero-order valence-corrected chi connectivity index (χ0v) is 11.8. The van der Waals surface area contributed by atoms with Crippen molar-refractivity contribution in [1.29, 1.82) is 0 Å². The number of terminal acetylenes is 1. The first-order chi connectivity index (χ1) is 10.4. The van der Waals surface area contributed by atoms with Crippen molar-refractivity contribution in [2.75, 3.05) is 18.4 Å². The molecule has 0 radical (unpaired) electrons. The van der Waals surface area contributed by atoms with Crippen LogP contribution in [0.3, 0.4) is 0 Å². The van der Waals surface area contributed by atoms with E-state index in [0.29, 0.717) is 6.54 Å². The summed E-state index contributed by atoms with van der Waals surface area (Å²) in [5, 5.41) is 6.81. The zero-order valence-electron chi connectivity index (χ0n) is 11.8. The van der Waals surface area contributed by atoms with E-state index in [4.69, 9.17) is 11.2 Å². The van der Waals surface area contributed by atoms with E-state index < -0.39 is 0 Å². The van der Waals surface area contributed by atoms with E-state index in [1.54, 1.807) is 0 Å². The molecule has 1 aliphatic rings. The van der Waals surface area contributed by atoms with Crippen LogP contribution in [-0.4, -0.2) is 19.1 Å². The highest BCUT2D eigenvalue weighted by Crippen LogP contribution is 2.36. The first kappa shape index (κ1) is 13.5. The van der Waals surface area contributed by atoms with Gasteiger partial charge in [0.2, 0.25) is 0 Å². The van der Waals surface area contributed by atoms with E-state index in [1.165, 1.54) is 0 Å². The summed E-state index contributed by atoms with van der Waals surface area (Å²) < 4.78 is 6.21. The van der Waals surface area contributed by atoms with E-state index in [1.807, 2.05) is 42.5 Å². The van der Waals surface area contributed by atoms with Crippen LogP contribution in [0.25, 0.3) is 0 Å². The van der Waals surface area contributed by atoms with Crippen molar-refractivity contribution in [3.8, 4) is 18.1 Å². The maximum absolute atomic E-state index is 6.21. The molecule has 3 nitrogen and oxygen atoms in total. The van der Waals surface area contributed by atoms with Crippen LogP contribution in [0.1, 0.15) is 11.7 Å². The Labute approximate surface area is 125 Å². The monoisotopic (exact) mass is 278 g/mol. The summed E-state index contributed by atoms with van der Waals surface area (Å²) in [7, 11) is 0. The van der Waals surface area contributed by atoms with Crippen LogP contribution in [0.2, 0.25) is 0 Å². The maximum atomic E-state index is 6.21. The van der Waals surface area contributed by atoms with E-state index in [2.05, 4.69) is 28.7 Å². The Kier molecular flexibility index (Phi) is 4.09. The molecule has 2 atom stereocenters. The summed E-state index contributed by atoms with van der Waals surface area (Å²) in [4.78, 5) is 0. The van der Waals surface area contributed by atoms with Crippen molar-refractivity contribution in [3.63, 3.8) is 0 Å². The van der Waals surface area contributed by atoms with Gasteiger partial charge in [-0.1, -0.05) is 48.4 Å².